The van der Waals surface area contributed by atoms with Crippen LogP contribution in [0.15, 0.2) is 46.6 Å². The van der Waals surface area contributed by atoms with Crippen LogP contribution in [0.25, 0.3) is 11.0 Å². The Morgan fingerprint density at radius 3 is 2.30 bits per heavy atom. The van der Waals surface area contributed by atoms with Gasteiger partial charge in [-0.2, -0.15) is 0 Å². The van der Waals surface area contributed by atoms with E-state index in [1.807, 2.05) is 30.5 Å². The molecule has 3 rings (SSSR count). The first-order chi connectivity index (χ1) is 15.8. The summed E-state index contributed by atoms with van der Waals surface area (Å²) in [5.74, 6) is 1.67. The molecule has 0 amide bonds. The zero-order valence-electron chi connectivity index (χ0n) is 19.1. The predicted octanol–water partition coefficient (Wildman–Crippen LogP) is 4.77. The molecule has 0 saturated carbocycles. The lowest BCUT2D eigenvalue weighted by molar-refractivity contribution is 0.00565. The molecule has 0 unspecified atom stereocenters. The van der Waals surface area contributed by atoms with Crippen molar-refractivity contribution in [2.45, 2.75) is 22.7 Å². The molecule has 1 N–H and O–H groups in total. The van der Waals surface area contributed by atoms with Gasteiger partial charge in [0.25, 0.3) is 0 Å². The van der Waals surface area contributed by atoms with Gasteiger partial charge in [-0.1, -0.05) is 23.9 Å². The second kappa shape index (κ2) is 16.3. The van der Waals surface area contributed by atoms with Crippen molar-refractivity contribution in [2.75, 3.05) is 59.1 Å². The molecular weight excluding hydrogens is 482 g/mol. The fourth-order valence-electron chi connectivity index (χ4n) is 2.89. The van der Waals surface area contributed by atoms with Crippen molar-refractivity contribution in [3.05, 3.63) is 47.8 Å². The molecule has 0 atom stereocenters. The molecular formula is C23H32ClN3O4S2. The Kier molecular flexibility index (Phi) is 13.8. The van der Waals surface area contributed by atoms with Crippen molar-refractivity contribution in [1.82, 2.24) is 15.0 Å². The summed E-state index contributed by atoms with van der Waals surface area (Å²) in [6, 6.07) is 10.1. The van der Waals surface area contributed by atoms with Crippen LogP contribution < -0.4 is 0 Å². The number of H-pyrrole nitrogens is 1. The van der Waals surface area contributed by atoms with Crippen molar-refractivity contribution >= 4 is 47.0 Å². The fourth-order valence-corrected chi connectivity index (χ4v) is 4.71. The van der Waals surface area contributed by atoms with E-state index in [2.05, 4.69) is 27.9 Å². The lowest BCUT2D eigenvalue weighted by Crippen LogP contribution is -2.12. The minimum atomic E-state index is 0. The number of nitrogens with one attached hydrogen (secondary N) is 1. The van der Waals surface area contributed by atoms with Crippen molar-refractivity contribution in [2.24, 2.45) is 0 Å². The Balaban J connectivity index is 0.00000385. The number of aromatic nitrogens is 3. The Bertz CT molecular complexity index is 912. The van der Waals surface area contributed by atoms with Crippen LogP contribution in [0.5, 0.6) is 0 Å². The van der Waals surface area contributed by atoms with Crippen molar-refractivity contribution in [1.29, 1.82) is 0 Å². The summed E-state index contributed by atoms with van der Waals surface area (Å²) < 4.78 is 21.4. The van der Waals surface area contributed by atoms with Crippen molar-refractivity contribution < 1.29 is 18.9 Å². The second-order valence-electron chi connectivity index (χ2n) is 6.91. The van der Waals surface area contributed by atoms with Crippen LogP contribution in [0, 0.1) is 6.92 Å². The number of hydrogen-bond acceptors (Lipinski definition) is 8. The maximum Gasteiger partial charge on any atom is 0.166 e. The van der Waals surface area contributed by atoms with Gasteiger partial charge >= 0.3 is 0 Å². The summed E-state index contributed by atoms with van der Waals surface area (Å²) in [6.45, 7) is 6.35. The first kappa shape index (κ1) is 27.9. The van der Waals surface area contributed by atoms with Gasteiger partial charge < -0.3 is 23.9 Å². The molecule has 0 aliphatic heterocycles. The largest absolute Gasteiger partial charge is 0.382 e. The summed E-state index contributed by atoms with van der Waals surface area (Å²) >= 11 is 3.47. The number of fused-ring (bicyclic) bond motifs is 1. The molecule has 1 aromatic carbocycles. The number of pyridine rings is 1. The third kappa shape index (κ3) is 9.82. The van der Waals surface area contributed by atoms with Crippen LogP contribution in [0.1, 0.15) is 11.3 Å². The molecule has 0 radical (unpaired) electrons. The molecule has 3 aromatic rings. The Labute approximate surface area is 210 Å². The molecule has 2 aromatic heterocycles. The molecule has 0 aliphatic carbocycles. The number of para-hydroxylation sites is 2. The number of nitrogens with zero attached hydrogens (tertiary/aromatic N) is 2. The highest BCUT2D eigenvalue weighted by Crippen LogP contribution is 2.28. The number of ether oxygens (including phenoxy) is 4. The lowest BCUT2D eigenvalue weighted by atomic mass is 10.2. The summed E-state index contributed by atoms with van der Waals surface area (Å²) in [7, 11) is 1.66. The first-order valence-electron chi connectivity index (χ1n) is 10.6. The lowest BCUT2D eigenvalue weighted by Gasteiger charge is -2.10. The average Bonchev–Trinajstić information content (AvgIpc) is 3.23. The number of methoxy groups -OCH3 is 1. The topological polar surface area (TPSA) is 78.5 Å². The van der Waals surface area contributed by atoms with Gasteiger partial charge in [-0.05, 0) is 30.7 Å². The SMILES string of the molecule is COCCOCCOCCOCCSc1ccnc(CSc2nc3ccccc3[nH]2)c1C.Cl. The quantitative estimate of drug-likeness (QED) is 0.217. The number of aromatic amines is 1. The molecule has 10 heteroatoms. The van der Waals surface area contributed by atoms with E-state index in [1.165, 1.54) is 10.5 Å². The summed E-state index contributed by atoms with van der Waals surface area (Å²) in [6.07, 6.45) is 1.88. The van der Waals surface area contributed by atoms with E-state index in [0.717, 1.165) is 33.4 Å². The maximum absolute atomic E-state index is 5.67. The molecule has 0 bridgehead atoms. The van der Waals surface area contributed by atoms with Gasteiger partial charge in [-0.15, -0.1) is 24.2 Å². The Morgan fingerprint density at radius 2 is 1.58 bits per heavy atom. The third-order valence-electron chi connectivity index (χ3n) is 4.63. The van der Waals surface area contributed by atoms with Gasteiger partial charge in [-0.3, -0.25) is 4.98 Å². The monoisotopic (exact) mass is 513 g/mol. The molecule has 33 heavy (non-hydrogen) atoms. The fraction of sp³-hybridized carbons (Fsp3) is 0.478. The minimum absolute atomic E-state index is 0. The van der Waals surface area contributed by atoms with Gasteiger partial charge in [0, 0.05) is 29.7 Å². The molecule has 2 heterocycles. The number of halogens is 1. The van der Waals surface area contributed by atoms with Gasteiger partial charge in [0.1, 0.15) is 0 Å². The van der Waals surface area contributed by atoms with Gasteiger partial charge in [0.15, 0.2) is 5.16 Å². The highest BCUT2D eigenvalue weighted by molar-refractivity contribution is 7.99. The van der Waals surface area contributed by atoms with Gasteiger partial charge in [-0.25, -0.2) is 4.98 Å². The number of rotatable bonds is 16. The Hall–Kier alpha value is -1.33. The van der Waals surface area contributed by atoms with E-state index in [0.29, 0.717) is 46.2 Å². The maximum atomic E-state index is 5.67. The minimum Gasteiger partial charge on any atom is -0.382 e. The van der Waals surface area contributed by atoms with E-state index >= 15 is 0 Å². The van der Waals surface area contributed by atoms with Crippen LogP contribution in [0.3, 0.4) is 0 Å². The highest BCUT2D eigenvalue weighted by Gasteiger charge is 2.09. The summed E-state index contributed by atoms with van der Waals surface area (Å²) in [5.41, 5.74) is 4.36. The van der Waals surface area contributed by atoms with Crippen LogP contribution >= 0.6 is 35.9 Å². The van der Waals surface area contributed by atoms with Crippen LogP contribution in [-0.2, 0) is 24.7 Å². The highest BCUT2D eigenvalue weighted by atomic mass is 35.5. The molecule has 0 aliphatic rings. The summed E-state index contributed by atoms with van der Waals surface area (Å²) in [5, 5.41) is 0.919. The van der Waals surface area contributed by atoms with Gasteiger partial charge in [0.2, 0.25) is 0 Å². The van der Waals surface area contributed by atoms with E-state index in [1.54, 1.807) is 30.6 Å². The number of imidazole rings is 1. The number of benzene rings is 1. The van der Waals surface area contributed by atoms with Crippen molar-refractivity contribution in [3.63, 3.8) is 0 Å². The zero-order valence-corrected chi connectivity index (χ0v) is 21.5. The first-order valence-corrected chi connectivity index (χ1v) is 12.6. The van der Waals surface area contributed by atoms with Crippen molar-refractivity contribution in [3.8, 4) is 0 Å². The normalized spacial score (nSPS) is 11.1. The van der Waals surface area contributed by atoms with Crippen LogP contribution in [0.4, 0.5) is 0 Å². The third-order valence-corrected chi connectivity index (χ3v) is 6.64. The second-order valence-corrected chi connectivity index (χ2v) is 9.01. The van der Waals surface area contributed by atoms with E-state index in [-0.39, 0.29) is 12.4 Å². The standard InChI is InChI=1S/C23H31N3O4S2.ClH/c1-18-21(17-32-23-25-19-5-3-4-6-20(19)26-23)24-8-7-22(18)31-16-15-30-14-13-29-12-11-28-10-9-27-2;/h3-8H,9-17H2,1-2H3,(H,25,26);1H. The van der Waals surface area contributed by atoms with E-state index < -0.39 is 0 Å². The van der Waals surface area contributed by atoms with E-state index in [4.69, 9.17) is 18.9 Å². The Morgan fingerprint density at radius 1 is 0.879 bits per heavy atom. The molecule has 0 saturated heterocycles. The molecule has 0 fully saturated rings. The van der Waals surface area contributed by atoms with Crippen LogP contribution in [0.2, 0.25) is 0 Å². The zero-order chi connectivity index (χ0) is 22.4. The number of hydrogen-bond donors (Lipinski definition) is 1. The smallest absolute Gasteiger partial charge is 0.166 e. The molecule has 182 valence electrons. The summed E-state index contributed by atoms with van der Waals surface area (Å²) in [4.78, 5) is 13.8. The van der Waals surface area contributed by atoms with Gasteiger partial charge in [0.05, 0.1) is 63.0 Å². The average molecular weight is 514 g/mol. The number of thioether (sulfide) groups is 2. The van der Waals surface area contributed by atoms with E-state index in [9.17, 15) is 0 Å². The molecule has 0 spiro atoms. The molecule has 7 nitrogen and oxygen atoms in total. The predicted molar refractivity (Wildman–Crippen MR) is 137 cm³/mol. The van der Waals surface area contributed by atoms with Crippen LogP contribution in [-0.4, -0.2) is 74.1 Å².